The van der Waals surface area contributed by atoms with E-state index in [1.165, 1.54) is 12.0 Å². The maximum Gasteiger partial charge on any atom is 0.119 e. The maximum atomic E-state index is 5.23. The molecule has 0 saturated carbocycles. The Hall–Kier alpha value is -1.06. The van der Waals surface area contributed by atoms with Crippen LogP contribution in [0.3, 0.4) is 0 Å². The van der Waals surface area contributed by atoms with Crippen LogP contribution in [0, 0.1) is 0 Å². The van der Waals surface area contributed by atoms with Gasteiger partial charge in [0.05, 0.1) is 7.11 Å². The zero-order valence-corrected chi connectivity index (χ0v) is 11.4. The lowest BCUT2D eigenvalue weighted by Gasteiger charge is -2.16. The molecule has 0 amide bonds. The average molecular weight is 236 g/mol. The van der Waals surface area contributed by atoms with E-state index in [2.05, 4.69) is 43.4 Å². The molecule has 1 unspecified atom stereocenters. The molecule has 1 atom stereocenters. The van der Waals surface area contributed by atoms with Crippen LogP contribution in [0.1, 0.15) is 24.9 Å². The molecule has 17 heavy (non-hydrogen) atoms. The highest BCUT2D eigenvalue weighted by atomic mass is 16.5. The van der Waals surface area contributed by atoms with E-state index in [-0.39, 0.29) is 0 Å². The molecule has 3 nitrogen and oxygen atoms in total. The van der Waals surface area contributed by atoms with Crippen molar-refractivity contribution in [1.82, 2.24) is 10.2 Å². The standard InChI is InChI=1S/C14H24N2O/c1-12(15-9-6-10-16(2)3)13-7-5-8-14(11-13)17-4/h5,7-8,11-12,15H,6,9-10H2,1-4H3. The summed E-state index contributed by atoms with van der Waals surface area (Å²) >= 11 is 0. The Morgan fingerprint density at radius 2 is 2.12 bits per heavy atom. The number of nitrogens with zero attached hydrogens (tertiary/aromatic N) is 1. The number of methoxy groups -OCH3 is 1. The molecule has 1 N–H and O–H groups in total. The Labute approximate surface area is 105 Å². The number of hydrogen-bond acceptors (Lipinski definition) is 3. The number of hydrogen-bond donors (Lipinski definition) is 1. The van der Waals surface area contributed by atoms with Crippen molar-refractivity contribution in [3.8, 4) is 5.75 Å². The lowest BCUT2D eigenvalue weighted by molar-refractivity contribution is 0.388. The normalized spacial score (nSPS) is 12.8. The lowest BCUT2D eigenvalue weighted by Crippen LogP contribution is -2.23. The van der Waals surface area contributed by atoms with Crippen LogP contribution in [0.4, 0.5) is 0 Å². The monoisotopic (exact) mass is 236 g/mol. The van der Waals surface area contributed by atoms with Gasteiger partial charge in [-0.2, -0.15) is 0 Å². The summed E-state index contributed by atoms with van der Waals surface area (Å²) in [5, 5.41) is 3.52. The highest BCUT2D eigenvalue weighted by Gasteiger charge is 2.05. The SMILES string of the molecule is COc1cccc(C(C)NCCCN(C)C)c1. The molecule has 0 aliphatic carbocycles. The third-order valence-corrected chi connectivity index (χ3v) is 2.83. The van der Waals surface area contributed by atoms with Crippen molar-refractivity contribution in [2.24, 2.45) is 0 Å². The molecule has 0 saturated heterocycles. The summed E-state index contributed by atoms with van der Waals surface area (Å²) in [6, 6.07) is 8.59. The molecule has 1 aromatic carbocycles. The Morgan fingerprint density at radius 3 is 2.76 bits per heavy atom. The molecule has 0 heterocycles. The molecule has 0 radical (unpaired) electrons. The van der Waals surface area contributed by atoms with Crippen LogP contribution in [-0.4, -0.2) is 39.2 Å². The van der Waals surface area contributed by atoms with Crippen molar-refractivity contribution >= 4 is 0 Å². The zero-order chi connectivity index (χ0) is 12.7. The highest BCUT2D eigenvalue weighted by Crippen LogP contribution is 2.18. The summed E-state index contributed by atoms with van der Waals surface area (Å²) < 4.78 is 5.23. The minimum atomic E-state index is 0.368. The van der Waals surface area contributed by atoms with Crippen molar-refractivity contribution in [3.63, 3.8) is 0 Å². The number of rotatable bonds is 7. The van der Waals surface area contributed by atoms with Gasteiger partial charge in [-0.1, -0.05) is 12.1 Å². The second-order valence-electron chi connectivity index (χ2n) is 4.61. The van der Waals surface area contributed by atoms with Gasteiger partial charge in [0, 0.05) is 6.04 Å². The number of ether oxygens (including phenoxy) is 1. The fourth-order valence-electron chi connectivity index (χ4n) is 1.74. The first kappa shape index (κ1) is 14.0. The van der Waals surface area contributed by atoms with Gasteiger partial charge in [0.15, 0.2) is 0 Å². The Bertz CT molecular complexity index is 326. The lowest BCUT2D eigenvalue weighted by atomic mass is 10.1. The van der Waals surface area contributed by atoms with E-state index in [1.807, 2.05) is 12.1 Å². The molecule has 1 rings (SSSR count). The van der Waals surface area contributed by atoms with Crippen LogP contribution in [0.5, 0.6) is 5.75 Å². The van der Waals surface area contributed by atoms with Gasteiger partial charge in [0.2, 0.25) is 0 Å². The van der Waals surface area contributed by atoms with Gasteiger partial charge in [-0.25, -0.2) is 0 Å². The predicted octanol–water partition coefficient (Wildman–Crippen LogP) is 2.30. The fraction of sp³-hybridized carbons (Fsp3) is 0.571. The van der Waals surface area contributed by atoms with Gasteiger partial charge in [0.25, 0.3) is 0 Å². The summed E-state index contributed by atoms with van der Waals surface area (Å²) in [7, 11) is 5.91. The summed E-state index contributed by atoms with van der Waals surface area (Å²) in [6.07, 6.45) is 1.17. The van der Waals surface area contributed by atoms with Crippen LogP contribution < -0.4 is 10.1 Å². The summed E-state index contributed by atoms with van der Waals surface area (Å²) in [5.41, 5.74) is 1.27. The molecule has 0 bridgehead atoms. The van der Waals surface area contributed by atoms with Gasteiger partial charge in [-0.15, -0.1) is 0 Å². The van der Waals surface area contributed by atoms with Crippen molar-refractivity contribution in [1.29, 1.82) is 0 Å². The summed E-state index contributed by atoms with van der Waals surface area (Å²) in [5.74, 6) is 0.921. The molecule has 96 valence electrons. The molecular formula is C14H24N2O. The van der Waals surface area contributed by atoms with Crippen LogP contribution >= 0.6 is 0 Å². The molecule has 1 aromatic rings. The maximum absolute atomic E-state index is 5.23. The van der Waals surface area contributed by atoms with E-state index in [0.29, 0.717) is 6.04 Å². The van der Waals surface area contributed by atoms with Crippen LogP contribution in [0.15, 0.2) is 24.3 Å². The van der Waals surface area contributed by atoms with E-state index in [4.69, 9.17) is 4.74 Å². The summed E-state index contributed by atoms with van der Waals surface area (Å²) in [4.78, 5) is 2.21. The average Bonchev–Trinajstić information content (AvgIpc) is 2.34. The van der Waals surface area contributed by atoms with Gasteiger partial charge in [-0.3, -0.25) is 0 Å². The van der Waals surface area contributed by atoms with Gasteiger partial charge >= 0.3 is 0 Å². The number of nitrogens with one attached hydrogen (secondary N) is 1. The van der Waals surface area contributed by atoms with Crippen LogP contribution in [0.2, 0.25) is 0 Å². The Kier molecular flexibility index (Phi) is 6.01. The topological polar surface area (TPSA) is 24.5 Å². The molecular weight excluding hydrogens is 212 g/mol. The van der Waals surface area contributed by atoms with E-state index in [0.717, 1.165) is 18.8 Å². The van der Waals surface area contributed by atoms with Gasteiger partial charge < -0.3 is 15.0 Å². The fourth-order valence-corrected chi connectivity index (χ4v) is 1.74. The van der Waals surface area contributed by atoms with E-state index in [1.54, 1.807) is 7.11 Å². The smallest absolute Gasteiger partial charge is 0.119 e. The molecule has 3 heteroatoms. The minimum absolute atomic E-state index is 0.368. The van der Waals surface area contributed by atoms with Crippen molar-refractivity contribution in [2.45, 2.75) is 19.4 Å². The second kappa shape index (κ2) is 7.30. The van der Waals surface area contributed by atoms with Crippen molar-refractivity contribution in [2.75, 3.05) is 34.3 Å². The predicted molar refractivity (Wildman–Crippen MR) is 72.6 cm³/mol. The third kappa shape index (κ3) is 5.20. The van der Waals surface area contributed by atoms with Crippen molar-refractivity contribution < 1.29 is 4.74 Å². The molecule has 0 aliphatic rings. The highest BCUT2D eigenvalue weighted by molar-refractivity contribution is 5.30. The zero-order valence-electron chi connectivity index (χ0n) is 11.4. The molecule has 0 fully saturated rings. The van der Waals surface area contributed by atoms with Crippen LogP contribution in [-0.2, 0) is 0 Å². The first-order valence-electron chi connectivity index (χ1n) is 6.15. The minimum Gasteiger partial charge on any atom is -0.497 e. The van der Waals surface area contributed by atoms with Crippen LogP contribution in [0.25, 0.3) is 0 Å². The number of benzene rings is 1. The van der Waals surface area contributed by atoms with Gasteiger partial charge in [-0.05, 0) is 58.2 Å². The van der Waals surface area contributed by atoms with Gasteiger partial charge in [0.1, 0.15) is 5.75 Å². The third-order valence-electron chi connectivity index (χ3n) is 2.83. The first-order chi connectivity index (χ1) is 8.13. The first-order valence-corrected chi connectivity index (χ1v) is 6.15. The molecule has 0 aliphatic heterocycles. The quantitative estimate of drug-likeness (QED) is 0.735. The van der Waals surface area contributed by atoms with E-state index < -0.39 is 0 Å². The second-order valence-corrected chi connectivity index (χ2v) is 4.61. The largest absolute Gasteiger partial charge is 0.497 e. The Morgan fingerprint density at radius 1 is 1.35 bits per heavy atom. The van der Waals surface area contributed by atoms with Crippen molar-refractivity contribution in [3.05, 3.63) is 29.8 Å². The molecule has 0 aromatic heterocycles. The molecule has 0 spiro atoms. The van der Waals surface area contributed by atoms with E-state index >= 15 is 0 Å². The summed E-state index contributed by atoms with van der Waals surface area (Å²) in [6.45, 7) is 4.35. The Balaban J connectivity index is 2.38. The van der Waals surface area contributed by atoms with E-state index in [9.17, 15) is 0 Å².